The number of hydrazine groups is 1. The normalized spacial score (nSPS) is 30.8. The van der Waals surface area contributed by atoms with Crippen LogP contribution in [0.2, 0.25) is 5.02 Å². The fraction of sp³-hybridized carbons (Fsp3) is 0.333. The molecule has 3 aliphatic heterocycles. The van der Waals surface area contributed by atoms with Crippen molar-refractivity contribution in [3.63, 3.8) is 0 Å². The molecule has 3 saturated heterocycles. The number of hydrogen-bond donors (Lipinski definition) is 0. The number of anilines is 1. The second-order valence-electron chi connectivity index (χ2n) is 7.58. The highest BCUT2D eigenvalue weighted by Crippen LogP contribution is 2.54. The van der Waals surface area contributed by atoms with E-state index < -0.39 is 11.5 Å². The van der Waals surface area contributed by atoms with Gasteiger partial charge in [0.25, 0.3) is 5.91 Å². The molecular weight excluding hydrogens is 362 g/mol. The third-order valence-electron chi connectivity index (χ3n) is 6.18. The van der Waals surface area contributed by atoms with Crippen LogP contribution in [0.1, 0.15) is 24.9 Å². The number of rotatable bonds is 2. The van der Waals surface area contributed by atoms with E-state index in [4.69, 9.17) is 11.6 Å². The zero-order valence-electron chi connectivity index (χ0n) is 15.0. The number of hydrogen-bond acceptors (Lipinski definition) is 4. The number of benzene rings is 2. The molecule has 27 heavy (non-hydrogen) atoms. The molecule has 138 valence electrons. The minimum absolute atomic E-state index is 0.126. The highest BCUT2D eigenvalue weighted by atomic mass is 35.5. The maximum Gasteiger partial charge on any atom is 0.256 e. The van der Waals surface area contributed by atoms with E-state index in [-0.39, 0.29) is 17.9 Å². The van der Waals surface area contributed by atoms with Crippen LogP contribution in [-0.2, 0) is 9.59 Å². The van der Waals surface area contributed by atoms with E-state index in [2.05, 4.69) is 10.0 Å². The van der Waals surface area contributed by atoms with E-state index in [1.54, 1.807) is 24.3 Å². The summed E-state index contributed by atoms with van der Waals surface area (Å²) in [4.78, 5) is 28.4. The molecule has 0 saturated carbocycles. The fourth-order valence-corrected chi connectivity index (χ4v) is 5.20. The lowest BCUT2D eigenvalue weighted by Gasteiger charge is -2.33. The van der Waals surface area contributed by atoms with Crippen molar-refractivity contribution in [1.82, 2.24) is 10.0 Å². The summed E-state index contributed by atoms with van der Waals surface area (Å²) in [5.41, 5.74) is 0.758. The van der Waals surface area contributed by atoms with Gasteiger partial charge in [-0.05, 0) is 37.1 Å². The van der Waals surface area contributed by atoms with E-state index in [1.807, 2.05) is 37.3 Å². The van der Waals surface area contributed by atoms with Gasteiger partial charge in [-0.25, -0.2) is 14.9 Å². The maximum atomic E-state index is 13.5. The lowest BCUT2D eigenvalue weighted by atomic mass is 9.81. The highest BCUT2D eigenvalue weighted by molar-refractivity contribution is 6.31. The van der Waals surface area contributed by atoms with Crippen molar-refractivity contribution in [3.8, 4) is 0 Å². The second kappa shape index (κ2) is 5.89. The third kappa shape index (κ3) is 2.19. The summed E-state index contributed by atoms with van der Waals surface area (Å²) in [6.45, 7) is 3.58. The highest BCUT2D eigenvalue weighted by Gasteiger charge is 2.70. The van der Waals surface area contributed by atoms with Crippen LogP contribution in [-0.4, -0.2) is 40.5 Å². The standard InChI is InChI=1S/C21H20ClN3O2/c1-21-17(19(26)25(20(21)27)16-10-5-9-15(22)13-16)18(14-7-3-2-4-8-14)23-11-6-12-24(21)23/h2-5,7-10,13,17-18H,6,11-12H2,1H3/t17-,18+,21-/m0/s1. The van der Waals surface area contributed by atoms with Gasteiger partial charge >= 0.3 is 0 Å². The van der Waals surface area contributed by atoms with Crippen molar-refractivity contribution in [2.45, 2.75) is 24.9 Å². The van der Waals surface area contributed by atoms with E-state index in [1.165, 1.54) is 4.90 Å². The molecule has 0 aliphatic carbocycles. The minimum atomic E-state index is -0.865. The molecule has 3 fully saturated rings. The van der Waals surface area contributed by atoms with Gasteiger partial charge in [-0.1, -0.05) is 48.0 Å². The largest absolute Gasteiger partial charge is 0.274 e. The van der Waals surface area contributed by atoms with E-state index in [9.17, 15) is 9.59 Å². The molecule has 0 aromatic heterocycles. The van der Waals surface area contributed by atoms with E-state index in [0.29, 0.717) is 10.7 Å². The van der Waals surface area contributed by atoms with Gasteiger partial charge in [0.2, 0.25) is 5.91 Å². The van der Waals surface area contributed by atoms with E-state index >= 15 is 0 Å². The summed E-state index contributed by atoms with van der Waals surface area (Å²) in [5.74, 6) is -0.746. The predicted octanol–water partition coefficient (Wildman–Crippen LogP) is 3.27. The van der Waals surface area contributed by atoms with Gasteiger partial charge in [0.1, 0.15) is 5.54 Å². The first kappa shape index (κ1) is 16.9. The monoisotopic (exact) mass is 381 g/mol. The Morgan fingerprint density at radius 1 is 1.04 bits per heavy atom. The first-order valence-corrected chi connectivity index (χ1v) is 9.64. The molecular formula is C21H20ClN3O2. The Morgan fingerprint density at radius 2 is 1.81 bits per heavy atom. The fourth-order valence-electron chi connectivity index (χ4n) is 5.02. The number of imide groups is 1. The van der Waals surface area contributed by atoms with Crippen LogP contribution in [0.15, 0.2) is 54.6 Å². The van der Waals surface area contributed by atoms with Crippen molar-refractivity contribution in [2.24, 2.45) is 5.92 Å². The quantitative estimate of drug-likeness (QED) is 0.749. The van der Waals surface area contributed by atoms with Gasteiger partial charge in [0.15, 0.2) is 0 Å². The number of carbonyl (C=O) groups is 2. The van der Waals surface area contributed by atoms with Crippen LogP contribution in [0, 0.1) is 5.92 Å². The molecule has 2 aromatic rings. The number of halogens is 1. The summed E-state index contributed by atoms with van der Waals surface area (Å²) < 4.78 is 0. The van der Waals surface area contributed by atoms with Gasteiger partial charge in [-0.15, -0.1) is 0 Å². The van der Waals surface area contributed by atoms with Crippen LogP contribution in [0.4, 0.5) is 5.69 Å². The van der Waals surface area contributed by atoms with Gasteiger partial charge in [-0.2, -0.15) is 0 Å². The second-order valence-corrected chi connectivity index (χ2v) is 8.02. The van der Waals surface area contributed by atoms with Gasteiger partial charge in [-0.3, -0.25) is 9.59 Å². The Morgan fingerprint density at radius 3 is 2.56 bits per heavy atom. The Balaban J connectivity index is 1.65. The average molecular weight is 382 g/mol. The minimum Gasteiger partial charge on any atom is -0.274 e. The van der Waals surface area contributed by atoms with Crippen molar-refractivity contribution >= 4 is 29.1 Å². The molecule has 2 aromatic carbocycles. The lowest BCUT2D eigenvalue weighted by molar-refractivity contribution is -0.131. The molecule has 3 atom stereocenters. The smallest absolute Gasteiger partial charge is 0.256 e. The zero-order valence-corrected chi connectivity index (χ0v) is 15.8. The Bertz CT molecular complexity index is 934. The molecule has 0 bridgehead atoms. The Kier molecular flexibility index (Phi) is 3.69. The molecule has 2 amide bonds. The van der Waals surface area contributed by atoms with Gasteiger partial charge in [0, 0.05) is 18.1 Å². The molecule has 0 radical (unpaired) electrons. The predicted molar refractivity (Wildman–Crippen MR) is 103 cm³/mol. The maximum absolute atomic E-state index is 13.5. The number of carbonyl (C=O) groups excluding carboxylic acids is 2. The summed E-state index contributed by atoms with van der Waals surface area (Å²) in [6, 6.07) is 16.9. The van der Waals surface area contributed by atoms with Crippen molar-refractivity contribution in [1.29, 1.82) is 0 Å². The first-order chi connectivity index (χ1) is 13.0. The molecule has 0 unspecified atom stereocenters. The zero-order chi connectivity index (χ0) is 18.8. The molecule has 3 aliphatic rings. The van der Waals surface area contributed by atoms with Crippen molar-refractivity contribution in [2.75, 3.05) is 18.0 Å². The van der Waals surface area contributed by atoms with Gasteiger partial charge < -0.3 is 0 Å². The summed E-state index contributed by atoms with van der Waals surface area (Å²) >= 11 is 6.12. The summed E-state index contributed by atoms with van der Waals surface area (Å²) in [7, 11) is 0. The number of amides is 2. The number of fused-ring (bicyclic) bond motifs is 3. The molecule has 5 nitrogen and oxygen atoms in total. The van der Waals surface area contributed by atoms with Crippen LogP contribution in [0.5, 0.6) is 0 Å². The van der Waals surface area contributed by atoms with Crippen molar-refractivity contribution in [3.05, 3.63) is 65.2 Å². The molecule has 0 N–H and O–H groups in total. The van der Waals surface area contributed by atoms with Crippen LogP contribution < -0.4 is 4.90 Å². The van der Waals surface area contributed by atoms with Crippen LogP contribution in [0.25, 0.3) is 0 Å². The SMILES string of the molecule is C[C@@]12C(=O)N(c3cccc(Cl)c3)C(=O)[C@@H]1[C@@H](c1ccccc1)N1CCCN12. The first-order valence-electron chi connectivity index (χ1n) is 9.26. The molecule has 3 heterocycles. The lowest BCUT2D eigenvalue weighted by Crippen LogP contribution is -2.52. The molecule has 6 heteroatoms. The molecule has 5 rings (SSSR count). The van der Waals surface area contributed by atoms with Crippen LogP contribution in [0.3, 0.4) is 0 Å². The summed E-state index contributed by atoms with van der Waals surface area (Å²) in [6.07, 6.45) is 0.990. The number of nitrogens with zero attached hydrogens (tertiary/aromatic N) is 3. The topological polar surface area (TPSA) is 43.9 Å². The van der Waals surface area contributed by atoms with Crippen molar-refractivity contribution < 1.29 is 9.59 Å². The van der Waals surface area contributed by atoms with Crippen LogP contribution >= 0.6 is 11.6 Å². The molecule has 0 spiro atoms. The summed E-state index contributed by atoms with van der Waals surface area (Å²) in [5, 5.41) is 4.86. The Hall–Kier alpha value is -2.21. The average Bonchev–Trinajstić information content (AvgIpc) is 3.28. The Labute approximate surface area is 163 Å². The third-order valence-corrected chi connectivity index (χ3v) is 6.41. The van der Waals surface area contributed by atoms with E-state index in [0.717, 1.165) is 25.1 Å². The van der Waals surface area contributed by atoms with Gasteiger partial charge in [0.05, 0.1) is 17.6 Å².